The Morgan fingerprint density at radius 3 is 3.00 bits per heavy atom. The van der Waals surface area contributed by atoms with Crippen LogP contribution >= 0.6 is 15.9 Å². The van der Waals surface area contributed by atoms with E-state index in [9.17, 15) is 4.39 Å². The third kappa shape index (κ3) is 2.55. The number of ether oxygens (including phenoxy) is 1. The van der Waals surface area contributed by atoms with Gasteiger partial charge in [-0.05, 0) is 36.7 Å². The number of methoxy groups -OCH3 is 1. The zero-order chi connectivity index (χ0) is 11.6. The van der Waals surface area contributed by atoms with Gasteiger partial charge in [0.15, 0.2) is 0 Å². The summed E-state index contributed by atoms with van der Waals surface area (Å²) in [5.41, 5.74) is -0.211. The van der Waals surface area contributed by atoms with E-state index in [1.165, 1.54) is 0 Å². The quantitative estimate of drug-likeness (QED) is 0.923. The highest BCUT2D eigenvalue weighted by Crippen LogP contribution is 2.31. The minimum atomic E-state index is -1.13. The lowest BCUT2D eigenvalue weighted by atomic mass is 9.95. The van der Waals surface area contributed by atoms with E-state index in [0.29, 0.717) is 19.4 Å². The molecule has 0 aromatic heterocycles. The standard InChI is InChI=1S/C12H15BrFNO/c1-16-11-3-2-10(13)6-9(11)7-12(14)4-5-15-8-12/h2-3,6,15H,4-5,7-8H2,1H3. The molecular formula is C12H15BrFNO. The van der Waals surface area contributed by atoms with Gasteiger partial charge >= 0.3 is 0 Å². The molecule has 0 spiro atoms. The van der Waals surface area contributed by atoms with Crippen LogP contribution in [0.1, 0.15) is 12.0 Å². The summed E-state index contributed by atoms with van der Waals surface area (Å²) in [4.78, 5) is 0. The SMILES string of the molecule is COc1ccc(Br)cc1CC1(F)CCNC1. The Kier molecular flexibility index (Phi) is 3.50. The number of alkyl halides is 1. The van der Waals surface area contributed by atoms with Crippen LogP contribution in [0.15, 0.2) is 22.7 Å². The van der Waals surface area contributed by atoms with E-state index >= 15 is 0 Å². The number of halogens is 2. The van der Waals surface area contributed by atoms with Gasteiger partial charge in [0, 0.05) is 17.4 Å². The molecule has 1 saturated heterocycles. The molecule has 1 aromatic carbocycles. The van der Waals surface area contributed by atoms with E-state index in [4.69, 9.17) is 4.74 Å². The van der Waals surface area contributed by atoms with Crippen LogP contribution in [0.2, 0.25) is 0 Å². The molecule has 1 heterocycles. The van der Waals surface area contributed by atoms with Crippen LogP contribution in [-0.4, -0.2) is 25.9 Å². The van der Waals surface area contributed by atoms with Crippen LogP contribution in [0.3, 0.4) is 0 Å². The van der Waals surface area contributed by atoms with E-state index in [2.05, 4.69) is 21.2 Å². The summed E-state index contributed by atoms with van der Waals surface area (Å²) < 4.78 is 20.5. The first kappa shape index (κ1) is 11.9. The average Bonchev–Trinajstić information content (AvgIpc) is 2.65. The zero-order valence-corrected chi connectivity index (χ0v) is 10.8. The largest absolute Gasteiger partial charge is 0.496 e. The first-order valence-electron chi connectivity index (χ1n) is 5.35. The van der Waals surface area contributed by atoms with Crippen molar-refractivity contribution in [3.05, 3.63) is 28.2 Å². The molecule has 2 nitrogen and oxygen atoms in total. The van der Waals surface area contributed by atoms with Crippen molar-refractivity contribution in [2.24, 2.45) is 0 Å². The Balaban J connectivity index is 2.22. The highest BCUT2D eigenvalue weighted by molar-refractivity contribution is 9.10. The summed E-state index contributed by atoms with van der Waals surface area (Å²) in [7, 11) is 1.62. The highest BCUT2D eigenvalue weighted by atomic mass is 79.9. The van der Waals surface area contributed by atoms with Crippen molar-refractivity contribution in [3.8, 4) is 5.75 Å². The fraction of sp³-hybridized carbons (Fsp3) is 0.500. The van der Waals surface area contributed by atoms with E-state index in [-0.39, 0.29) is 0 Å². The second-order valence-corrected chi connectivity index (χ2v) is 5.13. The van der Waals surface area contributed by atoms with E-state index < -0.39 is 5.67 Å². The third-order valence-electron chi connectivity index (χ3n) is 2.94. The first-order chi connectivity index (χ1) is 7.63. The molecule has 1 aromatic rings. The molecule has 88 valence electrons. The number of hydrogen-bond acceptors (Lipinski definition) is 2. The minimum absolute atomic E-state index is 0.405. The van der Waals surface area contributed by atoms with Crippen molar-refractivity contribution in [2.45, 2.75) is 18.5 Å². The van der Waals surface area contributed by atoms with Crippen LogP contribution in [0.25, 0.3) is 0 Å². The average molecular weight is 288 g/mol. The van der Waals surface area contributed by atoms with Gasteiger partial charge in [0.05, 0.1) is 7.11 Å². The molecule has 0 bridgehead atoms. The summed E-state index contributed by atoms with van der Waals surface area (Å²) in [6.07, 6.45) is 0.977. The maximum atomic E-state index is 14.3. The predicted molar refractivity (Wildman–Crippen MR) is 65.7 cm³/mol. The maximum Gasteiger partial charge on any atom is 0.128 e. The molecule has 0 aliphatic carbocycles. The van der Waals surface area contributed by atoms with Crippen LogP contribution < -0.4 is 10.1 Å². The van der Waals surface area contributed by atoms with Gasteiger partial charge in [-0.1, -0.05) is 15.9 Å². The second-order valence-electron chi connectivity index (χ2n) is 4.21. The Morgan fingerprint density at radius 2 is 2.38 bits per heavy atom. The molecule has 0 radical (unpaired) electrons. The van der Waals surface area contributed by atoms with Crippen molar-refractivity contribution in [1.82, 2.24) is 5.32 Å². The summed E-state index contributed by atoms with van der Waals surface area (Å²) in [6, 6.07) is 5.70. The third-order valence-corrected chi connectivity index (χ3v) is 3.43. The van der Waals surface area contributed by atoms with E-state index in [1.807, 2.05) is 18.2 Å². The van der Waals surface area contributed by atoms with Crippen molar-refractivity contribution in [1.29, 1.82) is 0 Å². The number of hydrogen-bond donors (Lipinski definition) is 1. The maximum absolute atomic E-state index is 14.3. The van der Waals surface area contributed by atoms with Gasteiger partial charge in [-0.15, -0.1) is 0 Å². The normalized spacial score (nSPS) is 24.7. The van der Waals surface area contributed by atoms with Crippen LogP contribution in [0, 0.1) is 0 Å². The van der Waals surface area contributed by atoms with Gasteiger partial charge < -0.3 is 10.1 Å². The van der Waals surface area contributed by atoms with Gasteiger partial charge in [0.1, 0.15) is 11.4 Å². The molecule has 0 saturated carbocycles. The predicted octanol–water partition coefficient (Wildman–Crippen LogP) is 2.70. The fourth-order valence-corrected chi connectivity index (χ4v) is 2.50. The smallest absolute Gasteiger partial charge is 0.128 e. The zero-order valence-electron chi connectivity index (χ0n) is 9.22. The van der Waals surface area contributed by atoms with Gasteiger partial charge in [0.25, 0.3) is 0 Å². The van der Waals surface area contributed by atoms with Crippen LogP contribution in [0.4, 0.5) is 4.39 Å². The molecule has 1 N–H and O–H groups in total. The number of nitrogens with one attached hydrogen (secondary N) is 1. The Morgan fingerprint density at radius 1 is 1.56 bits per heavy atom. The Bertz CT molecular complexity index is 377. The Hall–Kier alpha value is -0.610. The molecule has 2 rings (SSSR count). The lowest BCUT2D eigenvalue weighted by Crippen LogP contribution is -2.28. The lowest BCUT2D eigenvalue weighted by Gasteiger charge is -2.19. The molecule has 16 heavy (non-hydrogen) atoms. The van der Waals surface area contributed by atoms with Gasteiger partial charge in [-0.2, -0.15) is 0 Å². The summed E-state index contributed by atoms with van der Waals surface area (Å²) >= 11 is 3.40. The lowest BCUT2D eigenvalue weighted by molar-refractivity contribution is 0.189. The van der Waals surface area contributed by atoms with Gasteiger partial charge in [-0.25, -0.2) is 4.39 Å². The molecule has 1 aliphatic heterocycles. The van der Waals surface area contributed by atoms with E-state index in [0.717, 1.165) is 22.3 Å². The summed E-state index contributed by atoms with van der Waals surface area (Å²) in [5.74, 6) is 0.757. The van der Waals surface area contributed by atoms with Crippen molar-refractivity contribution < 1.29 is 9.13 Å². The monoisotopic (exact) mass is 287 g/mol. The molecule has 1 fully saturated rings. The van der Waals surface area contributed by atoms with Crippen molar-refractivity contribution in [2.75, 3.05) is 20.2 Å². The second kappa shape index (κ2) is 4.72. The van der Waals surface area contributed by atoms with Gasteiger partial charge in [0.2, 0.25) is 0 Å². The number of benzene rings is 1. The molecular weight excluding hydrogens is 273 g/mol. The summed E-state index contributed by atoms with van der Waals surface area (Å²) in [6.45, 7) is 1.19. The molecule has 4 heteroatoms. The summed E-state index contributed by atoms with van der Waals surface area (Å²) in [5, 5.41) is 3.06. The highest BCUT2D eigenvalue weighted by Gasteiger charge is 2.34. The molecule has 1 aliphatic rings. The van der Waals surface area contributed by atoms with Crippen molar-refractivity contribution >= 4 is 15.9 Å². The Labute approximate surface area is 103 Å². The minimum Gasteiger partial charge on any atom is -0.496 e. The van der Waals surface area contributed by atoms with Crippen LogP contribution in [0.5, 0.6) is 5.75 Å². The first-order valence-corrected chi connectivity index (χ1v) is 6.14. The van der Waals surface area contributed by atoms with Crippen molar-refractivity contribution in [3.63, 3.8) is 0 Å². The molecule has 1 unspecified atom stereocenters. The fourth-order valence-electron chi connectivity index (χ4n) is 2.09. The topological polar surface area (TPSA) is 21.3 Å². The van der Waals surface area contributed by atoms with Gasteiger partial charge in [-0.3, -0.25) is 0 Å². The van der Waals surface area contributed by atoms with E-state index in [1.54, 1.807) is 7.11 Å². The molecule has 0 amide bonds. The van der Waals surface area contributed by atoms with Crippen LogP contribution in [-0.2, 0) is 6.42 Å². The number of rotatable bonds is 3. The molecule has 1 atom stereocenters.